The average Bonchev–Trinajstić information content (AvgIpc) is 2.68. The van der Waals surface area contributed by atoms with Gasteiger partial charge in [-0.25, -0.2) is 0 Å². The van der Waals surface area contributed by atoms with Gasteiger partial charge in [-0.1, -0.05) is 29.8 Å². The van der Waals surface area contributed by atoms with E-state index in [9.17, 15) is 9.59 Å². The molecule has 1 aliphatic heterocycles. The highest BCUT2D eigenvalue weighted by atomic mass is 16.2. The Morgan fingerprint density at radius 3 is 2.23 bits per heavy atom. The number of benzene rings is 2. The van der Waals surface area contributed by atoms with Crippen LogP contribution in [-0.2, 0) is 4.79 Å². The van der Waals surface area contributed by atoms with Crippen molar-refractivity contribution in [2.45, 2.75) is 26.2 Å². The Morgan fingerprint density at radius 2 is 1.58 bits per heavy atom. The van der Waals surface area contributed by atoms with E-state index in [1.54, 1.807) is 30.3 Å². The van der Waals surface area contributed by atoms with E-state index >= 15 is 0 Å². The molecule has 3 rings (SSSR count). The van der Waals surface area contributed by atoms with Gasteiger partial charge in [0.1, 0.15) is 0 Å². The summed E-state index contributed by atoms with van der Waals surface area (Å²) in [5.41, 5.74) is 3.51. The van der Waals surface area contributed by atoms with Crippen molar-refractivity contribution in [1.82, 2.24) is 4.90 Å². The number of carbonyl (C=O) groups is 2. The van der Waals surface area contributed by atoms with Gasteiger partial charge in [0.25, 0.3) is 5.91 Å². The third-order valence-electron chi connectivity index (χ3n) is 4.55. The summed E-state index contributed by atoms with van der Waals surface area (Å²) in [5.74, 6) is -0.123. The molecule has 0 spiro atoms. The molecule has 1 aliphatic rings. The maximum atomic E-state index is 12.4. The van der Waals surface area contributed by atoms with Crippen molar-refractivity contribution in [3.63, 3.8) is 0 Å². The van der Waals surface area contributed by atoms with Crippen molar-refractivity contribution in [1.29, 1.82) is 0 Å². The first-order chi connectivity index (χ1) is 12.6. The third kappa shape index (κ3) is 4.82. The van der Waals surface area contributed by atoms with Gasteiger partial charge in [-0.15, -0.1) is 0 Å². The number of hydrogen-bond donors (Lipinski definition) is 1. The molecule has 1 saturated heterocycles. The number of rotatable bonds is 4. The Kier molecular flexibility index (Phi) is 5.84. The quantitative estimate of drug-likeness (QED) is 0.839. The predicted octanol–water partition coefficient (Wildman–Crippen LogP) is 4.27. The summed E-state index contributed by atoms with van der Waals surface area (Å²) in [7, 11) is 0. The molecule has 1 heterocycles. The highest BCUT2D eigenvalue weighted by Crippen LogP contribution is 2.15. The van der Waals surface area contributed by atoms with Crippen molar-refractivity contribution < 1.29 is 9.59 Å². The molecule has 1 fully saturated rings. The second-order valence-corrected chi connectivity index (χ2v) is 6.66. The summed E-state index contributed by atoms with van der Waals surface area (Å²) in [6.45, 7) is 3.70. The van der Waals surface area contributed by atoms with Crippen LogP contribution >= 0.6 is 0 Å². The fourth-order valence-corrected chi connectivity index (χ4v) is 3.01. The lowest BCUT2D eigenvalue weighted by Crippen LogP contribution is -2.35. The average molecular weight is 348 g/mol. The number of carbonyl (C=O) groups excluding carboxylic acids is 2. The fraction of sp³-hybridized carbons (Fsp3) is 0.273. The highest BCUT2D eigenvalue weighted by Gasteiger charge is 2.17. The summed E-state index contributed by atoms with van der Waals surface area (Å²) in [6.07, 6.45) is 6.64. The van der Waals surface area contributed by atoms with Crippen LogP contribution in [0, 0.1) is 6.92 Å². The lowest BCUT2D eigenvalue weighted by atomic mass is 10.1. The first-order valence-electron chi connectivity index (χ1n) is 9.07. The van der Waals surface area contributed by atoms with E-state index in [0.29, 0.717) is 11.3 Å². The van der Waals surface area contributed by atoms with Crippen LogP contribution in [0.2, 0.25) is 0 Å². The lowest BCUT2D eigenvalue weighted by Gasteiger charge is -2.26. The molecule has 0 aliphatic carbocycles. The molecule has 0 saturated carbocycles. The van der Waals surface area contributed by atoms with Crippen molar-refractivity contribution in [2.24, 2.45) is 0 Å². The second kappa shape index (κ2) is 8.48. The van der Waals surface area contributed by atoms with Gasteiger partial charge in [-0.2, -0.15) is 0 Å². The highest BCUT2D eigenvalue weighted by molar-refractivity contribution is 6.02. The number of anilines is 1. The molecule has 134 valence electrons. The van der Waals surface area contributed by atoms with Crippen molar-refractivity contribution in [3.8, 4) is 0 Å². The molecule has 2 aromatic carbocycles. The standard InChI is InChI=1S/C22H24N2O2/c1-17-5-7-18(8-6-17)9-14-21(25)23-20-12-10-19(11-13-20)22(26)24-15-3-2-4-16-24/h5-14H,2-4,15-16H2,1H3,(H,23,25)/b14-9+. The molecule has 4 heteroatoms. The number of nitrogens with zero attached hydrogens (tertiary/aromatic N) is 1. The fourth-order valence-electron chi connectivity index (χ4n) is 3.01. The molecule has 0 radical (unpaired) electrons. The van der Waals surface area contributed by atoms with Crippen LogP contribution < -0.4 is 5.32 Å². The zero-order valence-electron chi connectivity index (χ0n) is 15.1. The minimum absolute atomic E-state index is 0.0712. The number of likely N-dealkylation sites (tertiary alicyclic amines) is 1. The van der Waals surface area contributed by atoms with Crippen LogP contribution in [0.15, 0.2) is 54.6 Å². The monoisotopic (exact) mass is 348 g/mol. The molecule has 2 amide bonds. The lowest BCUT2D eigenvalue weighted by molar-refractivity contribution is -0.111. The maximum absolute atomic E-state index is 12.4. The Hall–Kier alpha value is -2.88. The first-order valence-corrected chi connectivity index (χ1v) is 9.07. The summed E-state index contributed by atoms with van der Waals surface area (Å²) in [6, 6.07) is 15.1. The molecule has 0 aromatic heterocycles. The Labute approximate surface area is 154 Å². The van der Waals surface area contributed by atoms with Crippen LogP contribution in [0.3, 0.4) is 0 Å². The number of hydrogen-bond acceptors (Lipinski definition) is 2. The van der Waals surface area contributed by atoms with Gasteiger partial charge < -0.3 is 10.2 Å². The number of nitrogens with one attached hydrogen (secondary N) is 1. The summed E-state index contributed by atoms with van der Waals surface area (Å²) in [5, 5.41) is 2.82. The van der Waals surface area contributed by atoms with Crippen molar-refractivity contribution >= 4 is 23.6 Å². The SMILES string of the molecule is Cc1ccc(/C=C/C(=O)Nc2ccc(C(=O)N3CCCCC3)cc2)cc1. The molecular weight excluding hydrogens is 324 g/mol. The summed E-state index contributed by atoms with van der Waals surface area (Å²) < 4.78 is 0. The number of aryl methyl sites for hydroxylation is 1. The molecular formula is C22H24N2O2. The van der Waals surface area contributed by atoms with Crippen molar-refractivity contribution in [3.05, 3.63) is 71.3 Å². The van der Waals surface area contributed by atoms with Gasteiger partial charge in [0.2, 0.25) is 5.91 Å². The van der Waals surface area contributed by atoms with E-state index in [-0.39, 0.29) is 11.8 Å². The molecule has 26 heavy (non-hydrogen) atoms. The van der Waals surface area contributed by atoms with Crippen LogP contribution in [-0.4, -0.2) is 29.8 Å². The van der Waals surface area contributed by atoms with Gasteiger partial charge in [0, 0.05) is 30.4 Å². The molecule has 0 atom stereocenters. The minimum Gasteiger partial charge on any atom is -0.339 e. The Morgan fingerprint density at radius 1 is 0.923 bits per heavy atom. The van der Waals surface area contributed by atoms with E-state index in [4.69, 9.17) is 0 Å². The van der Waals surface area contributed by atoms with E-state index < -0.39 is 0 Å². The third-order valence-corrected chi connectivity index (χ3v) is 4.55. The van der Waals surface area contributed by atoms with Gasteiger partial charge in [0.15, 0.2) is 0 Å². The largest absolute Gasteiger partial charge is 0.339 e. The van der Waals surface area contributed by atoms with Crippen LogP contribution in [0.5, 0.6) is 0 Å². The zero-order valence-corrected chi connectivity index (χ0v) is 15.1. The Bertz CT molecular complexity index is 786. The predicted molar refractivity (Wildman–Crippen MR) is 105 cm³/mol. The number of amides is 2. The number of piperidine rings is 1. The summed E-state index contributed by atoms with van der Waals surface area (Å²) >= 11 is 0. The molecule has 2 aromatic rings. The van der Waals surface area contributed by atoms with Crippen LogP contribution in [0.1, 0.15) is 40.7 Å². The zero-order chi connectivity index (χ0) is 18.4. The summed E-state index contributed by atoms with van der Waals surface area (Å²) in [4.78, 5) is 26.4. The van der Waals surface area contributed by atoms with Crippen LogP contribution in [0.25, 0.3) is 6.08 Å². The van der Waals surface area contributed by atoms with Crippen molar-refractivity contribution in [2.75, 3.05) is 18.4 Å². The van der Waals surface area contributed by atoms with E-state index in [1.807, 2.05) is 36.1 Å². The topological polar surface area (TPSA) is 49.4 Å². The molecule has 1 N–H and O–H groups in total. The van der Waals surface area contributed by atoms with E-state index in [1.165, 1.54) is 18.1 Å². The maximum Gasteiger partial charge on any atom is 0.253 e. The normalized spacial score (nSPS) is 14.4. The molecule has 0 unspecified atom stereocenters. The second-order valence-electron chi connectivity index (χ2n) is 6.66. The Balaban J connectivity index is 1.57. The van der Waals surface area contributed by atoms with Gasteiger partial charge in [-0.3, -0.25) is 9.59 Å². The smallest absolute Gasteiger partial charge is 0.253 e. The van der Waals surface area contributed by atoms with Gasteiger partial charge >= 0.3 is 0 Å². The van der Waals surface area contributed by atoms with E-state index in [0.717, 1.165) is 31.5 Å². The van der Waals surface area contributed by atoms with Crippen LogP contribution in [0.4, 0.5) is 5.69 Å². The van der Waals surface area contributed by atoms with Gasteiger partial charge in [-0.05, 0) is 62.1 Å². The van der Waals surface area contributed by atoms with E-state index in [2.05, 4.69) is 5.32 Å². The molecule has 4 nitrogen and oxygen atoms in total. The van der Waals surface area contributed by atoms with Gasteiger partial charge in [0.05, 0.1) is 0 Å². The molecule has 0 bridgehead atoms. The first kappa shape index (κ1) is 17.9. The minimum atomic E-state index is -0.194.